The van der Waals surface area contributed by atoms with Crippen molar-refractivity contribution in [2.45, 2.75) is 12.5 Å². The zero-order chi connectivity index (χ0) is 14.5. The molecule has 0 bridgehead atoms. The van der Waals surface area contributed by atoms with Crippen molar-refractivity contribution in [2.75, 3.05) is 13.7 Å². The summed E-state index contributed by atoms with van der Waals surface area (Å²) >= 11 is 11.9. The van der Waals surface area contributed by atoms with Crippen LogP contribution in [-0.4, -0.2) is 18.8 Å². The van der Waals surface area contributed by atoms with Gasteiger partial charge in [0.25, 0.3) is 0 Å². The Morgan fingerprint density at radius 3 is 2.15 bits per heavy atom. The Labute approximate surface area is 128 Å². The lowest BCUT2D eigenvalue weighted by Crippen LogP contribution is -2.01. The number of aliphatic hydroxyl groups excluding tert-OH is 1. The molecule has 2 rings (SSSR count). The highest BCUT2D eigenvalue weighted by molar-refractivity contribution is 6.34. The van der Waals surface area contributed by atoms with Crippen molar-refractivity contribution in [3.8, 4) is 0 Å². The van der Waals surface area contributed by atoms with E-state index in [0.717, 1.165) is 12.0 Å². The molecule has 106 valence electrons. The minimum atomic E-state index is -0.734. The fraction of sp³-hybridized carbons (Fsp3) is 0.250. The molecule has 20 heavy (non-hydrogen) atoms. The second kappa shape index (κ2) is 7.09. The summed E-state index contributed by atoms with van der Waals surface area (Å²) in [6.07, 6.45) is 0.123. The number of hydrogen-bond donors (Lipinski definition) is 1. The Morgan fingerprint density at radius 2 is 1.60 bits per heavy atom. The second-order valence-corrected chi connectivity index (χ2v) is 5.46. The molecule has 0 aliphatic heterocycles. The summed E-state index contributed by atoms with van der Waals surface area (Å²) in [6, 6.07) is 12.9. The molecule has 0 saturated carbocycles. The molecule has 0 aliphatic rings. The highest BCUT2D eigenvalue weighted by atomic mass is 35.5. The summed E-state index contributed by atoms with van der Waals surface area (Å²) in [4.78, 5) is 0. The minimum Gasteiger partial charge on any atom is -0.384 e. The molecule has 2 nitrogen and oxygen atoms in total. The Kier molecular flexibility index (Phi) is 5.44. The molecule has 4 heteroatoms. The smallest absolute Gasteiger partial charge is 0.104 e. The van der Waals surface area contributed by atoms with Crippen molar-refractivity contribution in [2.24, 2.45) is 0 Å². The molecule has 2 aromatic rings. The van der Waals surface area contributed by atoms with Gasteiger partial charge in [-0.2, -0.15) is 0 Å². The zero-order valence-corrected chi connectivity index (χ0v) is 12.7. The summed E-state index contributed by atoms with van der Waals surface area (Å²) in [7, 11) is 1.68. The van der Waals surface area contributed by atoms with Crippen LogP contribution in [0, 0.1) is 0 Å². The number of halogens is 2. The maximum absolute atomic E-state index is 10.4. The summed E-state index contributed by atoms with van der Waals surface area (Å²) in [5.41, 5.74) is 2.67. The van der Waals surface area contributed by atoms with Gasteiger partial charge in [-0.3, -0.25) is 0 Å². The highest BCUT2D eigenvalue weighted by Gasteiger charge is 2.12. The van der Waals surface area contributed by atoms with Gasteiger partial charge in [0.2, 0.25) is 0 Å². The fourth-order valence-electron chi connectivity index (χ4n) is 2.01. The molecular weight excluding hydrogens is 295 g/mol. The van der Waals surface area contributed by atoms with Crippen molar-refractivity contribution >= 4 is 23.2 Å². The van der Waals surface area contributed by atoms with Crippen LogP contribution in [0.25, 0.3) is 0 Å². The third-order valence-electron chi connectivity index (χ3n) is 3.09. The van der Waals surface area contributed by atoms with E-state index in [1.165, 1.54) is 5.56 Å². The first-order chi connectivity index (χ1) is 9.60. The third kappa shape index (κ3) is 3.97. The lowest BCUT2D eigenvalue weighted by Gasteiger charge is -2.13. The number of aliphatic hydroxyl groups is 1. The number of benzene rings is 2. The van der Waals surface area contributed by atoms with Crippen molar-refractivity contribution < 1.29 is 9.84 Å². The van der Waals surface area contributed by atoms with Crippen LogP contribution in [0.15, 0.2) is 42.5 Å². The van der Waals surface area contributed by atoms with Crippen molar-refractivity contribution in [3.05, 3.63) is 69.2 Å². The molecular formula is C16H16Cl2O2. The molecule has 0 fully saturated rings. The van der Waals surface area contributed by atoms with Crippen LogP contribution in [0.2, 0.25) is 10.0 Å². The van der Waals surface area contributed by atoms with Crippen molar-refractivity contribution in [1.82, 2.24) is 0 Å². The number of rotatable bonds is 5. The number of hydrogen-bond acceptors (Lipinski definition) is 2. The predicted octanol–water partition coefficient (Wildman–Crippen LogP) is 4.26. The topological polar surface area (TPSA) is 29.5 Å². The van der Waals surface area contributed by atoms with Gasteiger partial charge in [0.1, 0.15) is 6.10 Å². The van der Waals surface area contributed by atoms with E-state index in [0.29, 0.717) is 22.2 Å². The molecule has 1 N–H and O–H groups in total. The maximum atomic E-state index is 10.4. The van der Waals surface area contributed by atoms with Crippen LogP contribution in [0.3, 0.4) is 0 Å². The van der Waals surface area contributed by atoms with Gasteiger partial charge in [0.05, 0.1) is 6.61 Å². The van der Waals surface area contributed by atoms with Crippen LogP contribution in [0.5, 0.6) is 0 Å². The average Bonchev–Trinajstić information content (AvgIpc) is 2.44. The van der Waals surface area contributed by atoms with Gasteiger partial charge >= 0.3 is 0 Å². The molecule has 0 heterocycles. The molecule has 0 spiro atoms. The van der Waals surface area contributed by atoms with Crippen LogP contribution in [-0.2, 0) is 11.2 Å². The first-order valence-electron chi connectivity index (χ1n) is 6.32. The predicted molar refractivity (Wildman–Crippen MR) is 82.5 cm³/mol. The van der Waals surface area contributed by atoms with Gasteiger partial charge in [-0.1, -0.05) is 47.5 Å². The molecule has 0 radical (unpaired) electrons. The van der Waals surface area contributed by atoms with E-state index in [1.807, 2.05) is 24.3 Å². The Bertz CT molecular complexity index is 547. The van der Waals surface area contributed by atoms with E-state index in [9.17, 15) is 5.11 Å². The first-order valence-corrected chi connectivity index (χ1v) is 7.07. The van der Waals surface area contributed by atoms with E-state index < -0.39 is 6.10 Å². The van der Waals surface area contributed by atoms with E-state index in [-0.39, 0.29) is 0 Å². The lowest BCUT2D eigenvalue weighted by molar-refractivity contribution is 0.202. The summed E-state index contributed by atoms with van der Waals surface area (Å²) in [5, 5.41) is 11.4. The van der Waals surface area contributed by atoms with Gasteiger partial charge in [-0.05, 0) is 41.3 Å². The van der Waals surface area contributed by atoms with E-state index in [2.05, 4.69) is 0 Å². The molecule has 1 atom stereocenters. The Morgan fingerprint density at radius 1 is 1.00 bits per heavy atom. The SMILES string of the molecule is COCCc1ccc(C(O)c2cc(Cl)cc(Cl)c2)cc1. The molecule has 0 aliphatic carbocycles. The number of methoxy groups -OCH3 is 1. The molecule has 1 unspecified atom stereocenters. The lowest BCUT2D eigenvalue weighted by atomic mass is 10.00. The van der Waals surface area contributed by atoms with E-state index >= 15 is 0 Å². The maximum Gasteiger partial charge on any atom is 0.104 e. The quantitative estimate of drug-likeness (QED) is 0.894. The van der Waals surface area contributed by atoms with Gasteiger partial charge in [0, 0.05) is 17.2 Å². The molecule has 0 amide bonds. The summed E-state index contributed by atoms with van der Waals surface area (Å²) in [6.45, 7) is 0.686. The van der Waals surface area contributed by atoms with E-state index in [1.54, 1.807) is 25.3 Å². The van der Waals surface area contributed by atoms with Crippen molar-refractivity contribution in [3.63, 3.8) is 0 Å². The Balaban J connectivity index is 2.17. The van der Waals surface area contributed by atoms with Gasteiger partial charge in [-0.25, -0.2) is 0 Å². The van der Waals surface area contributed by atoms with Gasteiger partial charge in [-0.15, -0.1) is 0 Å². The van der Waals surface area contributed by atoms with Crippen LogP contribution < -0.4 is 0 Å². The normalized spacial score (nSPS) is 12.4. The summed E-state index contributed by atoms with van der Waals surface area (Å²) in [5.74, 6) is 0. The summed E-state index contributed by atoms with van der Waals surface area (Å²) < 4.78 is 5.04. The van der Waals surface area contributed by atoms with Gasteiger partial charge < -0.3 is 9.84 Å². The third-order valence-corrected chi connectivity index (χ3v) is 3.53. The standard InChI is InChI=1S/C16H16Cl2O2/c1-20-7-6-11-2-4-12(5-3-11)16(19)13-8-14(17)10-15(18)9-13/h2-5,8-10,16,19H,6-7H2,1H3. The van der Waals surface area contributed by atoms with Gasteiger partial charge in [0.15, 0.2) is 0 Å². The monoisotopic (exact) mass is 310 g/mol. The molecule has 0 saturated heterocycles. The minimum absolute atomic E-state index is 0.517. The number of ether oxygens (including phenoxy) is 1. The van der Waals surface area contributed by atoms with Crippen LogP contribution >= 0.6 is 23.2 Å². The Hall–Kier alpha value is -1.06. The largest absolute Gasteiger partial charge is 0.384 e. The van der Waals surface area contributed by atoms with Crippen LogP contribution in [0.1, 0.15) is 22.8 Å². The first kappa shape index (κ1) is 15.3. The van der Waals surface area contributed by atoms with E-state index in [4.69, 9.17) is 27.9 Å². The highest BCUT2D eigenvalue weighted by Crippen LogP contribution is 2.27. The van der Waals surface area contributed by atoms with Crippen molar-refractivity contribution in [1.29, 1.82) is 0 Å². The molecule has 2 aromatic carbocycles. The van der Waals surface area contributed by atoms with Crippen LogP contribution in [0.4, 0.5) is 0 Å². The zero-order valence-electron chi connectivity index (χ0n) is 11.1. The average molecular weight is 311 g/mol. The molecule has 0 aromatic heterocycles. The fourth-order valence-corrected chi connectivity index (χ4v) is 2.55. The second-order valence-electron chi connectivity index (χ2n) is 4.59.